The molecule has 0 saturated heterocycles. The molecule has 0 bridgehead atoms. The molecular formula is C31H34Cl2Zr. The van der Waals surface area contributed by atoms with Crippen LogP contribution in [-0.2, 0) is 21.3 Å². The van der Waals surface area contributed by atoms with Crippen molar-refractivity contribution in [2.45, 2.75) is 62.4 Å². The number of hydrogen-bond acceptors (Lipinski definition) is 0. The summed E-state index contributed by atoms with van der Waals surface area (Å²) < 4.78 is 4.41. The predicted octanol–water partition coefficient (Wildman–Crippen LogP) is 2.93. The van der Waals surface area contributed by atoms with E-state index >= 15 is 0 Å². The largest absolute Gasteiger partial charge is 1.00 e. The molecule has 0 saturated carbocycles. The summed E-state index contributed by atoms with van der Waals surface area (Å²) in [5.41, 5.74) is 6.26. The van der Waals surface area contributed by atoms with Crippen LogP contribution in [-0.4, -0.2) is 3.21 Å². The van der Waals surface area contributed by atoms with Gasteiger partial charge in [-0.1, -0.05) is 0 Å². The van der Waals surface area contributed by atoms with Gasteiger partial charge in [0, 0.05) is 0 Å². The average Bonchev–Trinajstić information content (AvgIpc) is 3.48. The molecule has 0 nitrogen and oxygen atoms in total. The molecule has 0 aliphatic heterocycles. The number of benzene rings is 3. The van der Waals surface area contributed by atoms with Crippen molar-refractivity contribution in [3.05, 3.63) is 93.3 Å². The van der Waals surface area contributed by atoms with E-state index in [1.165, 1.54) is 66.8 Å². The Morgan fingerprint density at radius 3 is 2.24 bits per heavy atom. The van der Waals surface area contributed by atoms with Crippen molar-refractivity contribution in [1.29, 1.82) is 0 Å². The van der Waals surface area contributed by atoms with Crippen molar-refractivity contribution < 1.29 is 46.1 Å². The number of unbranched alkanes of at least 4 members (excludes halogenated alkanes) is 2. The zero-order chi connectivity index (χ0) is 21.9. The Hall–Kier alpha value is -1.27. The molecule has 34 heavy (non-hydrogen) atoms. The fraction of sp³-hybridized carbons (Fsp3) is 0.323. The van der Waals surface area contributed by atoms with Crippen LogP contribution in [0.2, 0.25) is 0 Å². The second-order valence-corrected chi connectivity index (χ2v) is 16.1. The molecule has 3 aromatic carbocycles. The molecule has 3 aromatic rings. The van der Waals surface area contributed by atoms with Crippen LogP contribution in [0.5, 0.6) is 0 Å². The first-order chi connectivity index (χ1) is 15.8. The first-order valence-corrected chi connectivity index (χ1v) is 16.4. The maximum atomic E-state index is 2.51. The molecule has 0 N–H and O–H groups in total. The van der Waals surface area contributed by atoms with Crippen molar-refractivity contribution in [2.24, 2.45) is 0 Å². The molecule has 1 atom stereocenters. The van der Waals surface area contributed by atoms with Gasteiger partial charge in [0.1, 0.15) is 0 Å². The minimum absolute atomic E-state index is 0. The Labute approximate surface area is 225 Å². The molecule has 2 aliphatic rings. The molecule has 0 amide bonds. The standard InChI is InChI=1S/C17H11.C9H18.C5H5.2ClH.Zr/c1-3-7-14-12(5-1)9-10-16-15-8-4-2-6-13(15)11-17(14)16;1-3-5-7-9-8-6-4-2;1-2-4-5-3-1;;;/h1-11H;3-8H2,1-2H3;1-3H,4H2;2*1H;/q;;;;;+2/p-2. The van der Waals surface area contributed by atoms with Gasteiger partial charge in [0.2, 0.25) is 0 Å². The molecule has 0 radical (unpaired) electrons. The topological polar surface area (TPSA) is 0 Å². The summed E-state index contributed by atoms with van der Waals surface area (Å²) in [7, 11) is 0. The van der Waals surface area contributed by atoms with Gasteiger partial charge < -0.3 is 24.8 Å². The van der Waals surface area contributed by atoms with Crippen molar-refractivity contribution in [3.8, 4) is 11.1 Å². The minimum atomic E-state index is -2.17. The fourth-order valence-corrected chi connectivity index (χ4v) is 15.3. The van der Waals surface area contributed by atoms with E-state index in [0.29, 0.717) is 3.63 Å². The van der Waals surface area contributed by atoms with E-state index in [1.54, 1.807) is 11.1 Å². The second kappa shape index (κ2) is 12.6. The first kappa shape index (κ1) is 27.3. The van der Waals surface area contributed by atoms with Gasteiger partial charge in [0.05, 0.1) is 0 Å². The third-order valence-electron chi connectivity index (χ3n) is 7.27. The molecule has 5 rings (SSSR count). The minimum Gasteiger partial charge on any atom is -1.00 e. The van der Waals surface area contributed by atoms with Crippen LogP contribution in [0.1, 0.15) is 73.5 Å². The first-order valence-electron chi connectivity index (χ1n) is 12.5. The van der Waals surface area contributed by atoms with Crippen molar-refractivity contribution >= 4 is 14.0 Å². The molecule has 3 heteroatoms. The van der Waals surface area contributed by atoms with Crippen LogP contribution < -0.4 is 24.8 Å². The molecule has 2 aliphatic carbocycles. The second-order valence-electron chi connectivity index (χ2n) is 9.32. The van der Waals surface area contributed by atoms with Gasteiger partial charge in [-0.25, -0.2) is 0 Å². The smallest absolute Gasteiger partial charge is 1.00 e. The summed E-state index contributed by atoms with van der Waals surface area (Å²) in [4.78, 5) is 0. The van der Waals surface area contributed by atoms with Gasteiger partial charge in [0.25, 0.3) is 0 Å². The summed E-state index contributed by atoms with van der Waals surface area (Å²) in [6.45, 7) is 4.70. The maximum Gasteiger partial charge on any atom is -1.00 e. The molecule has 0 fully saturated rings. The van der Waals surface area contributed by atoms with Crippen LogP contribution in [0.25, 0.3) is 21.9 Å². The molecular weight excluding hydrogens is 534 g/mol. The zero-order valence-electron chi connectivity index (χ0n) is 20.3. The van der Waals surface area contributed by atoms with E-state index < -0.39 is 21.3 Å². The summed E-state index contributed by atoms with van der Waals surface area (Å²) in [6, 6.07) is 23.2. The third kappa shape index (κ3) is 5.14. The van der Waals surface area contributed by atoms with E-state index in [0.717, 1.165) is 0 Å². The third-order valence-corrected chi connectivity index (χ3v) is 15.9. The Bertz CT molecular complexity index is 1230. The van der Waals surface area contributed by atoms with Crippen molar-refractivity contribution in [1.82, 2.24) is 0 Å². The Morgan fingerprint density at radius 1 is 0.824 bits per heavy atom. The summed E-state index contributed by atoms with van der Waals surface area (Å²) in [6.07, 6.45) is 16.4. The van der Waals surface area contributed by atoms with E-state index in [9.17, 15) is 0 Å². The molecule has 0 spiro atoms. The summed E-state index contributed by atoms with van der Waals surface area (Å²) in [5.74, 6) is 0. The number of fused-ring (bicyclic) bond motifs is 5. The zero-order valence-corrected chi connectivity index (χ0v) is 24.3. The van der Waals surface area contributed by atoms with Crippen LogP contribution in [0.15, 0.2) is 82.2 Å². The maximum absolute atomic E-state index is 2.51. The van der Waals surface area contributed by atoms with E-state index in [2.05, 4.69) is 92.7 Å². The Balaban J connectivity index is 0.00000162. The quantitative estimate of drug-likeness (QED) is 0.392. The SMILES string of the molecule is CCCC[C](CCCC)=[Zr+2]([C]1=CC=CC1)[CH]1c2ccccc2-c2ccc3ccccc3c21.[Cl-].[Cl-]. The Morgan fingerprint density at radius 2 is 1.53 bits per heavy atom. The number of rotatable bonds is 8. The van der Waals surface area contributed by atoms with Crippen LogP contribution in [0.3, 0.4) is 0 Å². The Kier molecular flexibility index (Phi) is 10.1. The van der Waals surface area contributed by atoms with Crippen molar-refractivity contribution in [3.63, 3.8) is 0 Å². The molecule has 0 heterocycles. The molecule has 0 aromatic heterocycles. The predicted molar refractivity (Wildman–Crippen MR) is 137 cm³/mol. The van der Waals surface area contributed by atoms with Gasteiger partial charge in [-0.15, -0.1) is 0 Å². The number of halogens is 2. The van der Waals surface area contributed by atoms with Crippen LogP contribution in [0, 0.1) is 0 Å². The average molecular weight is 569 g/mol. The van der Waals surface area contributed by atoms with E-state index in [1.807, 2.05) is 6.49 Å². The van der Waals surface area contributed by atoms with E-state index in [4.69, 9.17) is 0 Å². The van der Waals surface area contributed by atoms with Gasteiger partial charge in [-0.05, 0) is 0 Å². The van der Waals surface area contributed by atoms with Crippen LogP contribution >= 0.6 is 0 Å². The van der Waals surface area contributed by atoms with Gasteiger partial charge in [-0.3, -0.25) is 0 Å². The summed E-state index contributed by atoms with van der Waals surface area (Å²) >= 11 is -2.17. The van der Waals surface area contributed by atoms with Gasteiger partial charge in [0.15, 0.2) is 0 Å². The number of hydrogen-bond donors (Lipinski definition) is 0. The van der Waals surface area contributed by atoms with Crippen molar-refractivity contribution in [2.75, 3.05) is 0 Å². The number of allylic oxidation sites excluding steroid dienone is 4. The molecule has 1 unspecified atom stereocenters. The molecule has 176 valence electrons. The summed E-state index contributed by atoms with van der Waals surface area (Å²) in [5, 5.41) is 2.88. The fourth-order valence-electron chi connectivity index (χ4n) is 5.73. The monoisotopic (exact) mass is 566 g/mol. The normalized spacial score (nSPS) is 15.0. The van der Waals surface area contributed by atoms with E-state index in [-0.39, 0.29) is 24.8 Å². The van der Waals surface area contributed by atoms with Crippen LogP contribution in [0.4, 0.5) is 0 Å². The van der Waals surface area contributed by atoms with Gasteiger partial charge >= 0.3 is 202 Å². The van der Waals surface area contributed by atoms with Gasteiger partial charge in [-0.2, -0.15) is 0 Å².